The van der Waals surface area contributed by atoms with Gasteiger partial charge in [-0.05, 0) is 62.7 Å². The van der Waals surface area contributed by atoms with Crippen LogP contribution in [0.5, 0.6) is 0 Å². The van der Waals surface area contributed by atoms with Crippen LogP contribution in [0.3, 0.4) is 0 Å². The minimum absolute atomic E-state index is 0.0336. The molecule has 0 saturated carbocycles. The monoisotopic (exact) mass is 516 g/mol. The second-order valence-electron chi connectivity index (χ2n) is 8.47. The molecule has 0 radical (unpaired) electrons. The number of carbonyl (C=O) groups is 1. The Bertz CT molecular complexity index is 1230. The highest BCUT2D eigenvalue weighted by Crippen LogP contribution is 2.46. The number of alkyl halides is 3. The van der Waals surface area contributed by atoms with Crippen molar-refractivity contribution >= 4 is 38.7 Å². The Morgan fingerprint density at radius 2 is 1.85 bits per heavy atom. The van der Waals surface area contributed by atoms with Gasteiger partial charge in [0.25, 0.3) is 5.91 Å². The van der Waals surface area contributed by atoms with Gasteiger partial charge in [-0.2, -0.15) is 13.2 Å². The molecular formula is C23H24ClF3N2O4S. The van der Waals surface area contributed by atoms with Crippen LogP contribution in [-0.4, -0.2) is 37.3 Å². The van der Waals surface area contributed by atoms with Crippen molar-refractivity contribution in [3.63, 3.8) is 0 Å². The van der Waals surface area contributed by atoms with Crippen LogP contribution in [0.15, 0.2) is 59.1 Å². The third kappa shape index (κ3) is 5.39. The third-order valence-electron chi connectivity index (χ3n) is 5.55. The summed E-state index contributed by atoms with van der Waals surface area (Å²) in [6.45, 7) is 3.01. The fraction of sp³-hybridized carbons (Fsp3) is 0.348. The number of benzene rings is 2. The van der Waals surface area contributed by atoms with E-state index in [0.717, 1.165) is 12.3 Å². The van der Waals surface area contributed by atoms with Crippen LogP contribution in [0.2, 0.25) is 5.02 Å². The number of rotatable bonds is 6. The first kappa shape index (κ1) is 26.1. The van der Waals surface area contributed by atoms with E-state index in [2.05, 4.69) is 5.32 Å². The van der Waals surface area contributed by atoms with Crippen LogP contribution in [0.25, 0.3) is 0 Å². The first-order valence-corrected chi connectivity index (χ1v) is 12.6. The molecule has 0 aromatic heterocycles. The van der Waals surface area contributed by atoms with Gasteiger partial charge in [-0.25, -0.2) is 8.42 Å². The van der Waals surface area contributed by atoms with Crippen LogP contribution in [0, 0.1) is 0 Å². The molecule has 1 heterocycles. The van der Waals surface area contributed by atoms with Crippen LogP contribution < -0.4 is 10.2 Å². The van der Waals surface area contributed by atoms with Gasteiger partial charge in [0.1, 0.15) is 5.54 Å². The Labute approximate surface area is 200 Å². The molecule has 2 atom stereocenters. The van der Waals surface area contributed by atoms with Crippen LogP contribution >= 0.6 is 11.6 Å². The van der Waals surface area contributed by atoms with Crippen molar-refractivity contribution in [1.29, 1.82) is 0 Å². The number of sulfone groups is 1. The van der Waals surface area contributed by atoms with Gasteiger partial charge >= 0.3 is 6.18 Å². The van der Waals surface area contributed by atoms with Gasteiger partial charge in [-0.15, -0.1) is 0 Å². The topological polar surface area (TPSA) is 86.7 Å². The number of halogens is 4. The number of amides is 1. The standard InChI is InChI=1S/C23H24ClF3N2O4S/c1-14(30)12-17-10-11-22(2,21(31)28-16-5-7-18(8-6-16)34(3,32)33)29(17)20-9-4-15(24)13-19(20)23(25,26)27/h4-10,13-14,30H,11-12H2,1-3H3,(H,28,31)/t14-,22?/m0/s1. The van der Waals surface area contributed by atoms with E-state index in [4.69, 9.17) is 11.6 Å². The highest BCUT2D eigenvalue weighted by atomic mass is 35.5. The summed E-state index contributed by atoms with van der Waals surface area (Å²) in [5.41, 5.74) is -2.07. The number of hydrogen-bond donors (Lipinski definition) is 2. The molecule has 1 unspecified atom stereocenters. The molecule has 2 aromatic rings. The number of hydrogen-bond acceptors (Lipinski definition) is 5. The Hall–Kier alpha value is -2.56. The van der Waals surface area contributed by atoms with Crippen molar-refractivity contribution in [3.8, 4) is 0 Å². The molecule has 0 saturated heterocycles. The zero-order valence-electron chi connectivity index (χ0n) is 18.6. The molecule has 1 aliphatic rings. The molecule has 0 fully saturated rings. The number of nitrogens with one attached hydrogen (secondary N) is 1. The van der Waals surface area contributed by atoms with E-state index in [9.17, 15) is 31.5 Å². The Morgan fingerprint density at radius 1 is 1.24 bits per heavy atom. The molecule has 11 heteroatoms. The van der Waals surface area contributed by atoms with Gasteiger partial charge in [0.05, 0.1) is 22.3 Å². The van der Waals surface area contributed by atoms with Crippen LogP contribution in [0.1, 0.15) is 32.3 Å². The first-order chi connectivity index (χ1) is 15.6. The van der Waals surface area contributed by atoms with Crippen LogP contribution in [0.4, 0.5) is 24.5 Å². The van der Waals surface area contributed by atoms with E-state index >= 15 is 0 Å². The molecule has 3 rings (SSSR count). The molecule has 2 aromatic carbocycles. The molecule has 0 aliphatic carbocycles. The number of anilines is 2. The summed E-state index contributed by atoms with van der Waals surface area (Å²) < 4.78 is 65.0. The van der Waals surface area contributed by atoms with E-state index < -0.39 is 39.1 Å². The SMILES string of the molecule is C[C@H](O)CC1=CCC(C)(C(=O)Nc2ccc(S(C)(=O)=O)cc2)N1c1ccc(Cl)cc1C(F)(F)F. The van der Waals surface area contributed by atoms with Gasteiger partial charge in [0.2, 0.25) is 0 Å². The zero-order chi connectivity index (χ0) is 25.5. The van der Waals surface area contributed by atoms with Crippen molar-refractivity contribution in [2.75, 3.05) is 16.5 Å². The Balaban J connectivity index is 2.03. The lowest BCUT2D eigenvalue weighted by Crippen LogP contribution is -2.52. The normalized spacial score (nSPS) is 19.6. The fourth-order valence-electron chi connectivity index (χ4n) is 3.89. The number of aliphatic hydroxyl groups excluding tert-OH is 1. The lowest BCUT2D eigenvalue weighted by Gasteiger charge is -2.39. The summed E-state index contributed by atoms with van der Waals surface area (Å²) >= 11 is 5.84. The van der Waals surface area contributed by atoms with Crippen molar-refractivity contribution < 1.29 is 31.5 Å². The summed E-state index contributed by atoms with van der Waals surface area (Å²) in [5, 5.41) is 12.5. The summed E-state index contributed by atoms with van der Waals surface area (Å²) in [4.78, 5) is 14.7. The smallest absolute Gasteiger partial charge is 0.393 e. The van der Waals surface area contributed by atoms with Crippen molar-refractivity contribution in [2.45, 2.75) is 49.4 Å². The van der Waals surface area contributed by atoms with Crippen molar-refractivity contribution in [2.24, 2.45) is 0 Å². The largest absolute Gasteiger partial charge is 0.418 e. The van der Waals surface area contributed by atoms with Gasteiger partial charge < -0.3 is 15.3 Å². The molecule has 1 aliphatic heterocycles. The molecule has 34 heavy (non-hydrogen) atoms. The van der Waals surface area contributed by atoms with Gasteiger partial charge in [-0.1, -0.05) is 17.7 Å². The predicted octanol–water partition coefficient (Wildman–Crippen LogP) is 5.02. The second kappa shape index (κ2) is 9.24. The fourth-order valence-corrected chi connectivity index (χ4v) is 4.69. The van der Waals surface area contributed by atoms with E-state index in [1.165, 1.54) is 55.1 Å². The first-order valence-electron chi connectivity index (χ1n) is 10.3. The maximum Gasteiger partial charge on any atom is 0.418 e. The number of carbonyl (C=O) groups excluding carboxylic acids is 1. The quantitative estimate of drug-likeness (QED) is 0.562. The maximum absolute atomic E-state index is 13.9. The minimum atomic E-state index is -4.74. The van der Waals surface area contributed by atoms with Gasteiger partial charge in [0.15, 0.2) is 9.84 Å². The lowest BCUT2D eigenvalue weighted by atomic mass is 9.95. The third-order valence-corrected chi connectivity index (χ3v) is 6.92. The van der Waals surface area contributed by atoms with Crippen molar-refractivity contribution in [3.05, 3.63) is 64.8 Å². The molecular weight excluding hydrogens is 493 g/mol. The molecule has 0 bridgehead atoms. The highest BCUT2D eigenvalue weighted by molar-refractivity contribution is 7.90. The van der Waals surface area contributed by atoms with E-state index in [1.807, 2.05) is 0 Å². The molecule has 6 nitrogen and oxygen atoms in total. The number of nitrogens with zero attached hydrogens (tertiary/aromatic N) is 1. The Kier molecular flexibility index (Phi) is 7.08. The highest BCUT2D eigenvalue weighted by Gasteiger charge is 2.47. The van der Waals surface area contributed by atoms with Gasteiger partial charge in [0, 0.05) is 29.1 Å². The average molecular weight is 517 g/mol. The minimum Gasteiger partial charge on any atom is -0.393 e. The summed E-state index contributed by atoms with van der Waals surface area (Å²) in [7, 11) is -3.43. The zero-order valence-corrected chi connectivity index (χ0v) is 20.2. The van der Waals surface area contributed by atoms with E-state index in [1.54, 1.807) is 6.08 Å². The summed E-state index contributed by atoms with van der Waals surface area (Å²) in [5.74, 6) is -0.598. The molecule has 0 spiro atoms. The molecule has 184 valence electrons. The molecule has 2 N–H and O–H groups in total. The average Bonchev–Trinajstić information content (AvgIpc) is 3.04. The van der Waals surface area contributed by atoms with E-state index in [-0.39, 0.29) is 34.1 Å². The van der Waals surface area contributed by atoms with Gasteiger partial charge in [-0.3, -0.25) is 4.79 Å². The van der Waals surface area contributed by atoms with Crippen LogP contribution in [-0.2, 0) is 20.8 Å². The van der Waals surface area contributed by atoms with Crippen molar-refractivity contribution in [1.82, 2.24) is 0 Å². The maximum atomic E-state index is 13.9. The summed E-state index contributed by atoms with van der Waals surface area (Å²) in [6, 6.07) is 8.80. The Morgan fingerprint density at radius 3 is 2.38 bits per heavy atom. The number of aliphatic hydroxyl groups is 1. The lowest BCUT2D eigenvalue weighted by molar-refractivity contribution is -0.137. The second-order valence-corrected chi connectivity index (χ2v) is 10.9. The molecule has 1 amide bonds. The van der Waals surface area contributed by atoms with E-state index in [0.29, 0.717) is 5.70 Å². The predicted molar refractivity (Wildman–Crippen MR) is 125 cm³/mol. The summed E-state index contributed by atoms with van der Waals surface area (Å²) in [6.07, 6.45) is -2.79.